The SMILES string of the molecule is O=C(O)CN1C(=O)[C@@H](NC(=O)C2([C@@H](CCc3cccc4ccccc34)C(=O)O)CCCC2)CCc2ccccc21. The highest BCUT2D eigenvalue weighted by molar-refractivity contribution is 6.04. The second-order valence-corrected chi connectivity index (χ2v) is 10.9. The summed E-state index contributed by atoms with van der Waals surface area (Å²) in [7, 11) is 0. The van der Waals surface area contributed by atoms with Crippen LogP contribution < -0.4 is 10.2 Å². The van der Waals surface area contributed by atoms with Gasteiger partial charge in [-0.3, -0.25) is 24.1 Å². The van der Waals surface area contributed by atoms with Gasteiger partial charge in [-0.05, 0) is 66.5 Å². The van der Waals surface area contributed by atoms with Crippen molar-refractivity contribution in [3.8, 4) is 0 Å². The molecule has 1 fully saturated rings. The molecular formula is C32H34N2O6. The highest BCUT2D eigenvalue weighted by atomic mass is 16.4. The third kappa shape index (κ3) is 5.30. The van der Waals surface area contributed by atoms with Gasteiger partial charge in [-0.25, -0.2) is 0 Å². The Kier molecular flexibility index (Phi) is 7.87. The molecule has 0 saturated heterocycles. The van der Waals surface area contributed by atoms with Crippen LogP contribution in [0.4, 0.5) is 5.69 Å². The number of anilines is 1. The van der Waals surface area contributed by atoms with Crippen LogP contribution in [0.1, 0.15) is 49.7 Å². The first-order valence-electron chi connectivity index (χ1n) is 13.9. The van der Waals surface area contributed by atoms with Gasteiger partial charge in [0, 0.05) is 5.69 Å². The van der Waals surface area contributed by atoms with E-state index in [-0.39, 0.29) is 0 Å². The van der Waals surface area contributed by atoms with Gasteiger partial charge in [0.1, 0.15) is 12.6 Å². The number of hydrogen-bond donors (Lipinski definition) is 3. The van der Waals surface area contributed by atoms with Gasteiger partial charge >= 0.3 is 11.9 Å². The lowest BCUT2D eigenvalue weighted by Crippen LogP contribution is -2.55. The molecule has 3 aromatic carbocycles. The molecule has 1 aliphatic heterocycles. The number of rotatable bonds is 9. The molecule has 1 heterocycles. The maximum atomic E-state index is 14.0. The Morgan fingerprint density at radius 1 is 0.950 bits per heavy atom. The van der Waals surface area contributed by atoms with Gasteiger partial charge in [-0.1, -0.05) is 73.5 Å². The molecule has 1 aliphatic carbocycles. The quantitative estimate of drug-likeness (QED) is 0.364. The normalized spacial score (nSPS) is 19.1. The number of fused-ring (bicyclic) bond motifs is 2. The predicted molar refractivity (Wildman–Crippen MR) is 151 cm³/mol. The zero-order chi connectivity index (χ0) is 28.3. The molecule has 0 bridgehead atoms. The van der Waals surface area contributed by atoms with Crippen molar-refractivity contribution in [2.45, 2.75) is 57.4 Å². The molecule has 5 rings (SSSR count). The predicted octanol–water partition coefficient (Wildman–Crippen LogP) is 4.58. The third-order valence-electron chi connectivity index (χ3n) is 8.64. The van der Waals surface area contributed by atoms with Crippen LogP contribution in [0.25, 0.3) is 10.8 Å². The maximum absolute atomic E-state index is 14.0. The van der Waals surface area contributed by atoms with E-state index in [2.05, 4.69) is 5.32 Å². The number of benzene rings is 3. The Balaban J connectivity index is 1.39. The molecule has 2 amide bonds. The van der Waals surface area contributed by atoms with Crippen molar-refractivity contribution < 1.29 is 29.4 Å². The van der Waals surface area contributed by atoms with Gasteiger partial charge in [-0.2, -0.15) is 0 Å². The molecule has 0 spiro atoms. The van der Waals surface area contributed by atoms with Crippen LogP contribution in [0.3, 0.4) is 0 Å². The number of aliphatic carboxylic acids is 2. The van der Waals surface area contributed by atoms with Crippen molar-refractivity contribution in [2.24, 2.45) is 11.3 Å². The van der Waals surface area contributed by atoms with Crippen molar-refractivity contribution in [1.29, 1.82) is 0 Å². The van der Waals surface area contributed by atoms with Crippen molar-refractivity contribution in [3.05, 3.63) is 77.9 Å². The van der Waals surface area contributed by atoms with Crippen molar-refractivity contribution >= 4 is 40.2 Å². The minimum absolute atomic E-state index is 0.298. The van der Waals surface area contributed by atoms with Gasteiger partial charge in [0.2, 0.25) is 11.8 Å². The van der Waals surface area contributed by atoms with E-state index in [1.807, 2.05) is 54.6 Å². The Bertz CT molecular complexity index is 1440. The van der Waals surface area contributed by atoms with Gasteiger partial charge in [0.05, 0.1) is 11.3 Å². The van der Waals surface area contributed by atoms with E-state index < -0.39 is 47.7 Å². The molecule has 40 heavy (non-hydrogen) atoms. The highest BCUT2D eigenvalue weighted by Gasteiger charge is 2.51. The summed E-state index contributed by atoms with van der Waals surface area (Å²) >= 11 is 0. The summed E-state index contributed by atoms with van der Waals surface area (Å²) in [6.45, 7) is -0.518. The number of carbonyl (C=O) groups excluding carboxylic acids is 2. The summed E-state index contributed by atoms with van der Waals surface area (Å²) in [4.78, 5) is 53.1. The molecule has 0 radical (unpaired) electrons. The topological polar surface area (TPSA) is 124 Å². The van der Waals surface area contributed by atoms with Crippen LogP contribution in [0.2, 0.25) is 0 Å². The summed E-state index contributed by atoms with van der Waals surface area (Å²) in [5, 5.41) is 24.9. The lowest BCUT2D eigenvalue weighted by atomic mass is 9.70. The smallest absolute Gasteiger partial charge is 0.323 e. The van der Waals surface area contributed by atoms with Crippen molar-refractivity contribution in [2.75, 3.05) is 11.4 Å². The summed E-state index contributed by atoms with van der Waals surface area (Å²) in [5.41, 5.74) is 1.27. The molecule has 3 aromatic rings. The number of para-hydroxylation sites is 1. The van der Waals surface area contributed by atoms with E-state index >= 15 is 0 Å². The average molecular weight is 543 g/mol. The summed E-state index contributed by atoms with van der Waals surface area (Å²) in [6.07, 6.45) is 3.95. The van der Waals surface area contributed by atoms with Crippen LogP contribution in [0, 0.1) is 11.3 Å². The molecule has 3 N–H and O–H groups in total. The maximum Gasteiger partial charge on any atom is 0.323 e. The van der Waals surface area contributed by atoms with Crippen molar-refractivity contribution in [1.82, 2.24) is 5.32 Å². The highest BCUT2D eigenvalue weighted by Crippen LogP contribution is 2.47. The molecule has 208 valence electrons. The van der Waals surface area contributed by atoms with E-state index in [4.69, 9.17) is 0 Å². The first kappa shape index (κ1) is 27.4. The van der Waals surface area contributed by atoms with Crippen LogP contribution in [0.5, 0.6) is 0 Å². The summed E-state index contributed by atoms with van der Waals surface area (Å²) < 4.78 is 0. The van der Waals surface area contributed by atoms with Crippen LogP contribution >= 0.6 is 0 Å². The van der Waals surface area contributed by atoms with E-state index in [9.17, 15) is 29.4 Å². The Morgan fingerprint density at radius 3 is 2.40 bits per heavy atom. The van der Waals surface area contributed by atoms with Crippen LogP contribution in [-0.2, 0) is 32.0 Å². The van der Waals surface area contributed by atoms with Crippen LogP contribution in [0.15, 0.2) is 66.7 Å². The minimum atomic E-state index is -1.15. The van der Waals surface area contributed by atoms with Gasteiger partial charge in [0.25, 0.3) is 0 Å². The number of carboxylic acid groups (broad SMARTS) is 2. The fourth-order valence-electron chi connectivity index (χ4n) is 6.64. The second-order valence-electron chi connectivity index (χ2n) is 10.9. The lowest BCUT2D eigenvalue weighted by Gasteiger charge is -2.35. The number of aryl methyl sites for hydroxylation is 2. The number of carboxylic acids is 2. The van der Waals surface area contributed by atoms with Gasteiger partial charge in [0.15, 0.2) is 0 Å². The molecular weight excluding hydrogens is 508 g/mol. The number of nitrogens with one attached hydrogen (secondary N) is 1. The average Bonchev–Trinajstić information content (AvgIpc) is 3.40. The van der Waals surface area contributed by atoms with Crippen molar-refractivity contribution in [3.63, 3.8) is 0 Å². The fourth-order valence-corrected chi connectivity index (χ4v) is 6.64. The molecule has 2 atom stereocenters. The molecule has 0 aromatic heterocycles. The number of carbonyl (C=O) groups is 4. The Hall–Kier alpha value is -4.20. The molecule has 1 saturated carbocycles. The monoisotopic (exact) mass is 542 g/mol. The zero-order valence-corrected chi connectivity index (χ0v) is 22.3. The summed E-state index contributed by atoms with van der Waals surface area (Å²) in [5.74, 6) is -3.99. The zero-order valence-electron chi connectivity index (χ0n) is 22.3. The van der Waals surface area contributed by atoms with Crippen LogP contribution in [-0.4, -0.2) is 46.6 Å². The number of hydrogen-bond acceptors (Lipinski definition) is 4. The third-order valence-corrected chi connectivity index (χ3v) is 8.64. The molecule has 2 aliphatic rings. The first-order valence-corrected chi connectivity index (χ1v) is 13.9. The number of nitrogens with zero attached hydrogens (tertiary/aromatic N) is 1. The van der Waals surface area contributed by atoms with E-state index in [1.54, 1.807) is 12.1 Å². The minimum Gasteiger partial charge on any atom is -0.481 e. The summed E-state index contributed by atoms with van der Waals surface area (Å²) in [6, 6.07) is 20.2. The largest absolute Gasteiger partial charge is 0.481 e. The molecule has 8 heteroatoms. The van der Waals surface area contributed by atoms with Gasteiger partial charge < -0.3 is 15.5 Å². The molecule has 0 unspecified atom stereocenters. The Labute approximate surface area is 233 Å². The fraction of sp³-hybridized carbons (Fsp3) is 0.375. The Morgan fingerprint density at radius 2 is 1.65 bits per heavy atom. The van der Waals surface area contributed by atoms with E-state index in [0.29, 0.717) is 44.2 Å². The van der Waals surface area contributed by atoms with E-state index in [0.717, 1.165) is 34.7 Å². The first-order chi connectivity index (χ1) is 19.3. The van der Waals surface area contributed by atoms with E-state index in [1.165, 1.54) is 4.90 Å². The number of amides is 2. The lowest BCUT2D eigenvalue weighted by molar-refractivity contribution is -0.154. The molecule has 8 nitrogen and oxygen atoms in total. The second kappa shape index (κ2) is 11.5. The standard InChI is InChI=1S/C32H34N2O6/c35-28(36)20-34-27-13-4-2-9-23(27)15-17-26(29(34)37)33-31(40)32(18-5-6-19-32)25(30(38)39)16-14-22-11-7-10-21-8-1-3-12-24(21)22/h1-4,7-13,25-26H,5-6,14-20H2,(H,33,40)(H,35,36)(H,38,39)/t25-,26-/m0/s1. The van der Waals surface area contributed by atoms with Gasteiger partial charge in [-0.15, -0.1) is 0 Å².